The van der Waals surface area contributed by atoms with Crippen LogP contribution < -0.4 is 0 Å². The lowest BCUT2D eigenvalue weighted by atomic mass is 9.71. The number of hydrogen-bond donors (Lipinski definition) is 6. The van der Waals surface area contributed by atoms with Crippen LogP contribution in [0.4, 0.5) is 0 Å². The molecule has 2 aliphatic carbocycles. The molecular weight excluding hydrogens is 734 g/mol. The highest BCUT2D eigenvalue weighted by atomic mass is 16.7. The lowest BCUT2D eigenvalue weighted by Crippen LogP contribution is -2.58. The second kappa shape index (κ2) is 15.3. The molecule has 0 bridgehead atoms. The minimum Gasteiger partial charge on any atom is -0.507 e. The number of phenolic OH excluding ortho intramolecular Hbond substituents is 3. The number of ether oxygens (including phenoxy) is 6. The predicted octanol–water partition coefficient (Wildman–Crippen LogP) is 2.12. The van der Waals surface area contributed by atoms with E-state index in [1.54, 1.807) is 20.8 Å². The zero-order valence-electron chi connectivity index (χ0n) is 32.2. The molecule has 3 aliphatic heterocycles. The molecule has 306 valence electrons. The molecule has 2 aromatic rings. The van der Waals surface area contributed by atoms with E-state index in [1.165, 1.54) is 25.1 Å². The van der Waals surface area contributed by atoms with Gasteiger partial charge in [-0.1, -0.05) is 12.1 Å². The Kier molecular flexibility index (Phi) is 11.1. The SMILES string of the molecule is CC(O)[C@]1(O)Cc2c(O)c3c(c(O)c2C(O[C@H]2C[C@H](N(C)C)C(O[C@H]4C[C@H](O)[C@H](O[C@H]5CCC(=O)[C@H](C)O5)[C@H](C)O4)[C@H](C)O2)C1)C(=O)c1c(O)cccc1C3=O. The van der Waals surface area contributed by atoms with Gasteiger partial charge in [-0.25, -0.2) is 0 Å². The smallest absolute Gasteiger partial charge is 0.202 e. The van der Waals surface area contributed by atoms with E-state index in [1.807, 2.05) is 19.0 Å². The molecule has 7 rings (SSSR count). The van der Waals surface area contributed by atoms with Gasteiger partial charge in [0.1, 0.15) is 35.6 Å². The van der Waals surface area contributed by atoms with Crippen molar-refractivity contribution in [3.05, 3.63) is 51.6 Å². The Hall–Kier alpha value is -3.55. The zero-order valence-corrected chi connectivity index (χ0v) is 32.2. The van der Waals surface area contributed by atoms with Gasteiger partial charge in [0, 0.05) is 61.3 Å². The first-order valence-corrected chi connectivity index (χ1v) is 19.1. The summed E-state index contributed by atoms with van der Waals surface area (Å²) in [5, 5.41) is 67.5. The fourth-order valence-corrected chi connectivity index (χ4v) is 8.81. The van der Waals surface area contributed by atoms with E-state index < -0.39 is 113 Å². The second-order valence-corrected chi connectivity index (χ2v) is 16.0. The van der Waals surface area contributed by atoms with Crippen molar-refractivity contribution in [1.82, 2.24) is 4.90 Å². The minimum atomic E-state index is -1.88. The fraction of sp³-hybridized carbons (Fsp3) is 0.625. The maximum Gasteiger partial charge on any atom is 0.202 e. The molecule has 3 saturated heterocycles. The molecule has 0 radical (unpaired) electrons. The molecule has 3 unspecified atom stereocenters. The van der Waals surface area contributed by atoms with E-state index in [0.717, 1.165) is 0 Å². The van der Waals surface area contributed by atoms with Crippen molar-refractivity contribution in [1.29, 1.82) is 0 Å². The number of rotatable bonds is 8. The number of Topliss-reactive ketones (excluding diaryl/α,β-unsaturated/α-hetero) is 1. The number of aliphatic hydroxyl groups excluding tert-OH is 2. The number of hydrogen-bond acceptors (Lipinski definition) is 16. The maximum absolute atomic E-state index is 13.8. The monoisotopic (exact) mass is 785 g/mol. The van der Waals surface area contributed by atoms with Crippen LogP contribution >= 0.6 is 0 Å². The summed E-state index contributed by atoms with van der Waals surface area (Å²) in [6.45, 7) is 6.59. The highest BCUT2D eigenvalue weighted by Crippen LogP contribution is 2.53. The van der Waals surface area contributed by atoms with E-state index in [0.29, 0.717) is 12.8 Å². The summed E-state index contributed by atoms with van der Waals surface area (Å²) in [6, 6.07) is 3.60. The number of benzene rings is 2. The Morgan fingerprint density at radius 3 is 2.12 bits per heavy atom. The largest absolute Gasteiger partial charge is 0.507 e. The van der Waals surface area contributed by atoms with Crippen LogP contribution in [0, 0.1) is 0 Å². The van der Waals surface area contributed by atoms with Gasteiger partial charge in [0.05, 0.1) is 52.8 Å². The van der Waals surface area contributed by atoms with E-state index >= 15 is 0 Å². The first kappa shape index (κ1) is 40.6. The summed E-state index contributed by atoms with van der Waals surface area (Å²) < 4.78 is 37.2. The summed E-state index contributed by atoms with van der Waals surface area (Å²) in [4.78, 5) is 41.3. The van der Waals surface area contributed by atoms with Crippen LogP contribution in [-0.2, 0) is 39.6 Å². The normalized spacial score (nSPS) is 36.5. The van der Waals surface area contributed by atoms with Crippen LogP contribution in [0.5, 0.6) is 17.2 Å². The third-order valence-electron chi connectivity index (χ3n) is 12.0. The molecule has 16 heteroatoms. The van der Waals surface area contributed by atoms with Gasteiger partial charge >= 0.3 is 0 Å². The predicted molar refractivity (Wildman–Crippen MR) is 193 cm³/mol. The molecule has 0 spiro atoms. The van der Waals surface area contributed by atoms with Gasteiger partial charge < -0.3 is 64.0 Å². The zero-order chi connectivity index (χ0) is 40.5. The Morgan fingerprint density at radius 2 is 1.48 bits per heavy atom. The number of aliphatic hydroxyl groups is 3. The van der Waals surface area contributed by atoms with Gasteiger partial charge in [0.2, 0.25) is 5.78 Å². The van der Waals surface area contributed by atoms with E-state index in [2.05, 4.69) is 0 Å². The van der Waals surface area contributed by atoms with Crippen LogP contribution in [0.3, 0.4) is 0 Å². The second-order valence-electron chi connectivity index (χ2n) is 16.0. The number of aromatic hydroxyl groups is 3. The number of carbonyl (C=O) groups excluding carboxylic acids is 3. The molecule has 3 heterocycles. The van der Waals surface area contributed by atoms with Gasteiger partial charge in [0.25, 0.3) is 0 Å². The average molecular weight is 786 g/mol. The molecule has 0 saturated carbocycles. The van der Waals surface area contributed by atoms with Crippen LogP contribution in [-0.4, -0.2) is 140 Å². The van der Waals surface area contributed by atoms with Gasteiger partial charge in [-0.05, 0) is 47.9 Å². The lowest BCUT2D eigenvalue weighted by molar-refractivity contribution is -0.324. The van der Waals surface area contributed by atoms with Gasteiger partial charge in [0.15, 0.2) is 30.4 Å². The Balaban J connectivity index is 1.11. The molecule has 16 nitrogen and oxygen atoms in total. The molecule has 0 aromatic heterocycles. The minimum absolute atomic E-state index is 0.00193. The van der Waals surface area contributed by atoms with Crippen molar-refractivity contribution in [2.24, 2.45) is 0 Å². The quantitative estimate of drug-likeness (QED) is 0.180. The van der Waals surface area contributed by atoms with Gasteiger partial charge in [-0.3, -0.25) is 14.4 Å². The molecule has 5 aliphatic rings. The topological polar surface area (TPSA) is 231 Å². The highest BCUT2D eigenvalue weighted by molar-refractivity contribution is 6.31. The molecule has 56 heavy (non-hydrogen) atoms. The molecule has 13 atom stereocenters. The van der Waals surface area contributed by atoms with Crippen molar-refractivity contribution in [3.63, 3.8) is 0 Å². The standard InChI is InChI=1S/C40H51NO15/c1-16-23(43)10-11-27(51-16)55-39-18(3)53-29(13-25(39)45)56-38-17(2)52-28(12-22(38)41(5)6)54-26-15-40(50,19(4)42)14-21-31(26)37(49)33-32(35(21)47)34(46)20-8-7-9-24(44)30(20)36(33)48/h7-9,16-19,22,25-29,38-39,42,44-45,47,49-50H,10-15H2,1-6H3/t16-,17-,18-,19?,22-,25-,26?,27-,28-,29-,38?,39+,40-/m0/s1. The maximum atomic E-state index is 13.8. The Bertz CT molecular complexity index is 1870. The van der Waals surface area contributed by atoms with Crippen molar-refractivity contribution < 1.29 is 73.4 Å². The van der Waals surface area contributed by atoms with Gasteiger partial charge in [-0.15, -0.1) is 0 Å². The summed E-state index contributed by atoms with van der Waals surface area (Å²) in [5.41, 5.74) is -3.42. The van der Waals surface area contributed by atoms with Crippen LogP contribution in [0.2, 0.25) is 0 Å². The number of ketones is 3. The van der Waals surface area contributed by atoms with Crippen molar-refractivity contribution in [2.75, 3.05) is 14.1 Å². The van der Waals surface area contributed by atoms with Crippen molar-refractivity contribution in [3.8, 4) is 17.2 Å². The van der Waals surface area contributed by atoms with Crippen LogP contribution in [0.25, 0.3) is 0 Å². The number of phenols is 3. The molecular formula is C40H51NO15. The van der Waals surface area contributed by atoms with Gasteiger partial charge in [-0.2, -0.15) is 0 Å². The number of fused-ring (bicyclic) bond motifs is 3. The van der Waals surface area contributed by atoms with E-state index in [4.69, 9.17) is 28.4 Å². The summed E-state index contributed by atoms with van der Waals surface area (Å²) in [6.07, 6.45) is -8.76. The fourth-order valence-electron chi connectivity index (χ4n) is 8.81. The summed E-state index contributed by atoms with van der Waals surface area (Å²) >= 11 is 0. The number of carbonyl (C=O) groups is 3. The first-order chi connectivity index (χ1) is 26.4. The molecule has 3 fully saturated rings. The number of nitrogens with zero attached hydrogens (tertiary/aromatic N) is 1. The van der Waals surface area contributed by atoms with Crippen molar-refractivity contribution >= 4 is 17.3 Å². The Morgan fingerprint density at radius 1 is 0.839 bits per heavy atom. The van der Waals surface area contributed by atoms with Crippen LogP contribution in [0.1, 0.15) is 109 Å². The van der Waals surface area contributed by atoms with Crippen LogP contribution in [0.15, 0.2) is 18.2 Å². The highest BCUT2D eigenvalue weighted by Gasteiger charge is 2.50. The lowest BCUT2D eigenvalue weighted by Gasteiger charge is -2.47. The van der Waals surface area contributed by atoms with Crippen molar-refractivity contribution in [2.45, 2.75) is 146 Å². The molecule has 2 aromatic carbocycles. The summed E-state index contributed by atoms with van der Waals surface area (Å²) in [5.74, 6) is -3.42. The third-order valence-corrected chi connectivity index (χ3v) is 12.0. The Labute approximate surface area is 323 Å². The summed E-state index contributed by atoms with van der Waals surface area (Å²) in [7, 11) is 3.70. The number of likely N-dealkylation sites (N-methyl/N-ethyl adjacent to an activating group) is 1. The molecule has 6 N–H and O–H groups in total. The first-order valence-electron chi connectivity index (χ1n) is 19.1. The average Bonchev–Trinajstić information content (AvgIpc) is 3.12. The third kappa shape index (κ3) is 7.14. The van der Waals surface area contributed by atoms with E-state index in [-0.39, 0.29) is 59.8 Å². The van der Waals surface area contributed by atoms with E-state index in [9.17, 15) is 45.0 Å². The molecule has 0 amide bonds.